The van der Waals surface area contributed by atoms with E-state index >= 15 is 0 Å². The standard InChI is InChI=1S/C21H14N4O3/c26-13-24-17-12-14(28-21-16-7-11-27-19(16)6-8-23-21)4-5-15(17)18-2-1-3-20-22-9-10-25(18)20/h1-13H,(H,24,26). The molecule has 1 aromatic carbocycles. The molecule has 0 spiro atoms. The number of imidazole rings is 1. The summed E-state index contributed by atoms with van der Waals surface area (Å²) < 4.78 is 13.3. The number of ether oxygens (including phenoxy) is 1. The van der Waals surface area contributed by atoms with Gasteiger partial charge in [-0.15, -0.1) is 0 Å². The van der Waals surface area contributed by atoms with Gasteiger partial charge in [-0.2, -0.15) is 0 Å². The maximum Gasteiger partial charge on any atom is 0.230 e. The Morgan fingerprint density at radius 1 is 1.07 bits per heavy atom. The van der Waals surface area contributed by atoms with Crippen LogP contribution in [0.3, 0.4) is 0 Å². The van der Waals surface area contributed by atoms with Crippen molar-refractivity contribution >= 4 is 28.7 Å². The molecule has 136 valence electrons. The minimum atomic E-state index is 0.438. The van der Waals surface area contributed by atoms with Crippen molar-refractivity contribution in [3.8, 4) is 22.9 Å². The fourth-order valence-electron chi connectivity index (χ4n) is 3.22. The van der Waals surface area contributed by atoms with Gasteiger partial charge >= 0.3 is 0 Å². The topological polar surface area (TPSA) is 81.7 Å². The van der Waals surface area contributed by atoms with Crippen LogP contribution in [-0.2, 0) is 4.79 Å². The third-order valence-corrected chi connectivity index (χ3v) is 4.47. The van der Waals surface area contributed by atoms with Gasteiger partial charge in [0, 0.05) is 30.2 Å². The van der Waals surface area contributed by atoms with Gasteiger partial charge in [-0.05, 0) is 36.4 Å². The number of carbonyl (C=O) groups excluding carboxylic acids is 1. The van der Waals surface area contributed by atoms with Gasteiger partial charge in [0.25, 0.3) is 0 Å². The Bertz CT molecular complexity index is 1310. The van der Waals surface area contributed by atoms with E-state index in [-0.39, 0.29) is 0 Å². The van der Waals surface area contributed by atoms with Gasteiger partial charge < -0.3 is 14.5 Å². The molecule has 0 atom stereocenters. The monoisotopic (exact) mass is 370 g/mol. The molecule has 7 nitrogen and oxygen atoms in total. The lowest BCUT2D eigenvalue weighted by Gasteiger charge is -2.13. The smallest absolute Gasteiger partial charge is 0.230 e. The second-order valence-corrected chi connectivity index (χ2v) is 6.09. The number of fused-ring (bicyclic) bond motifs is 2. The number of furan rings is 1. The minimum Gasteiger partial charge on any atom is -0.464 e. The summed E-state index contributed by atoms with van der Waals surface area (Å²) in [5.74, 6) is 0.986. The molecule has 0 saturated heterocycles. The fraction of sp³-hybridized carbons (Fsp3) is 0. The molecule has 4 heterocycles. The van der Waals surface area contributed by atoms with Crippen LogP contribution in [-0.4, -0.2) is 20.8 Å². The number of hydrogen-bond donors (Lipinski definition) is 1. The van der Waals surface area contributed by atoms with Gasteiger partial charge in [0.1, 0.15) is 17.0 Å². The van der Waals surface area contributed by atoms with Gasteiger partial charge in [-0.1, -0.05) is 6.07 Å². The van der Waals surface area contributed by atoms with Crippen molar-refractivity contribution in [3.05, 3.63) is 73.4 Å². The molecule has 5 rings (SSSR count). The first kappa shape index (κ1) is 16.1. The molecule has 1 amide bonds. The van der Waals surface area contributed by atoms with Gasteiger partial charge in [0.15, 0.2) is 0 Å². The second kappa shape index (κ2) is 6.55. The summed E-state index contributed by atoms with van der Waals surface area (Å²) >= 11 is 0. The predicted octanol–water partition coefficient (Wildman–Crippen LogP) is 4.50. The summed E-state index contributed by atoms with van der Waals surface area (Å²) in [5, 5.41) is 3.53. The van der Waals surface area contributed by atoms with E-state index in [0.717, 1.165) is 22.3 Å². The third-order valence-electron chi connectivity index (χ3n) is 4.47. The molecule has 0 aliphatic rings. The van der Waals surface area contributed by atoms with Crippen molar-refractivity contribution < 1.29 is 13.9 Å². The number of amides is 1. The van der Waals surface area contributed by atoms with E-state index in [1.54, 1.807) is 36.9 Å². The molecule has 1 N–H and O–H groups in total. The zero-order valence-corrected chi connectivity index (χ0v) is 14.6. The largest absolute Gasteiger partial charge is 0.464 e. The summed E-state index contributed by atoms with van der Waals surface area (Å²) in [6.45, 7) is 0. The predicted molar refractivity (Wildman–Crippen MR) is 104 cm³/mol. The van der Waals surface area contributed by atoms with Crippen LogP contribution in [0.25, 0.3) is 27.9 Å². The first-order chi connectivity index (χ1) is 13.8. The van der Waals surface area contributed by atoms with Crippen molar-refractivity contribution in [1.82, 2.24) is 14.4 Å². The highest BCUT2D eigenvalue weighted by Gasteiger charge is 2.12. The van der Waals surface area contributed by atoms with Crippen LogP contribution in [0.15, 0.2) is 77.8 Å². The SMILES string of the molecule is O=CNc1cc(Oc2nccc3occc23)ccc1-c1cccc2nccn12. The molecular formula is C21H14N4O3. The quantitative estimate of drug-likeness (QED) is 0.461. The first-order valence-electron chi connectivity index (χ1n) is 8.60. The van der Waals surface area contributed by atoms with Crippen LogP contribution in [0, 0.1) is 0 Å². The summed E-state index contributed by atoms with van der Waals surface area (Å²) in [7, 11) is 0. The number of benzene rings is 1. The maximum absolute atomic E-state index is 11.2. The number of nitrogens with zero attached hydrogens (tertiary/aromatic N) is 3. The van der Waals surface area contributed by atoms with Crippen molar-refractivity contribution in [3.63, 3.8) is 0 Å². The highest BCUT2D eigenvalue weighted by Crippen LogP contribution is 2.34. The molecule has 0 aliphatic heterocycles. The van der Waals surface area contributed by atoms with E-state index in [1.165, 1.54) is 0 Å². The summed E-state index contributed by atoms with van der Waals surface area (Å²) in [6.07, 6.45) is 7.47. The lowest BCUT2D eigenvalue weighted by atomic mass is 10.1. The number of rotatable bonds is 5. The van der Waals surface area contributed by atoms with Crippen molar-refractivity contribution in [2.24, 2.45) is 0 Å². The average Bonchev–Trinajstić information content (AvgIpc) is 3.38. The van der Waals surface area contributed by atoms with E-state index in [9.17, 15) is 4.79 Å². The molecule has 28 heavy (non-hydrogen) atoms. The van der Waals surface area contributed by atoms with Gasteiger partial charge in [-0.3, -0.25) is 9.20 Å². The van der Waals surface area contributed by atoms with Crippen molar-refractivity contribution in [2.75, 3.05) is 5.32 Å². The highest BCUT2D eigenvalue weighted by molar-refractivity contribution is 5.86. The van der Waals surface area contributed by atoms with E-state index in [4.69, 9.17) is 9.15 Å². The third kappa shape index (κ3) is 2.66. The zero-order chi connectivity index (χ0) is 18.9. The molecule has 0 saturated carbocycles. The molecule has 0 aliphatic carbocycles. The summed E-state index contributed by atoms with van der Waals surface area (Å²) in [5.41, 5.74) is 3.89. The number of hydrogen-bond acceptors (Lipinski definition) is 5. The van der Waals surface area contributed by atoms with Crippen LogP contribution in [0.5, 0.6) is 11.6 Å². The van der Waals surface area contributed by atoms with Crippen LogP contribution in [0.4, 0.5) is 5.69 Å². The molecule has 0 fully saturated rings. The Hall–Kier alpha value is -4.13. The number of pyridine rings is 2. The van der Waals surface area contributed by atoms with E-state index in [0.29, 0.717) is 29.3 Å². The molecule has 4 aromatic heterocycles. The van der Waals surface area contributed by atoms with Crippen LogP contribution >= 0.6 is 0 Å². The van der Waals surface area contributed by atoms with Gasteiger partial charge in [-0.25, -0.2) is 9.97 Å². The van der Waals surface area contributed by atoms with Crippen molar-refractivity contribution in [1.29, 1.82) is 0 Å². The van der Waals surface area contributed by atoms with E-state index in [2.05, 4.69) is 15.3 Å². The molecule has 0 bridgehead atoms. The number of anilines is 1. The Labute approximate surface area is 159 Å². The lowest BCUT2D eigenvalue weighted by Crippen LogP contribution is -2.00. The Morgan fingerprint density at radius 2 is 2.04 bits per heavy atom. The molecule has 5 aromatic rings. The lowest BCUT2D eigenvalue weighted by molar-refractivity contribution is -0.105. The van der Waals surface area contributed by atoms with Crippen LogP contribution in [0.2, 0.25) is 0 Å². The van der Waals surface area contributed by atoms with Crippen LogP contribution in [0.1, 0.15) is 0 Å². The number of aromatic nitrogens is 3. The fourth-order valence-corrected chi connectivity index (χ4v) is 3.22. The summed E-state index contributed by atoms with van der Waals surface area (Å²) in [4.78, 5) is 19.8. The number of carbonyl (C=O) groups is 1. The maximum atomic E-state index is 11.2. The van der Waals surface area contributed by atoms with E-state index in [1.807, 2.05) is 40.9 Å². The van der Waals surface area contributed by atoms with Crippen LogP contribution < -0.4 is 10.1 Å². The molecule has 7 heteroatoms. The molecule has 0 radical (unpaired) electrons. The Kier molecular flexibility index (Phi) is 3.76. The molecular weight excluding hydrogens is 356 g/mol. The highest BCUT2D eigenvalue weighted by atomic mass is 16.5. The summed E-state index contributed by atoms with van der Waals surface area (Å²) in [6, 6.07) is 14.9. The Balaban J connectivity index is 1.59. The van der Waals surface area contributed by atoms with Crippen molar-refractivity contribution in [2.45, 2.75) is 0 Å². The first-order valence-corrected chi connectivity index (χ1v) is 8.60. The minimum absolute atomic E-state index is 0.438. The van der Waals surface area contributed by atoms with Gasteiger partial charge in [0.05, 0.1) is 23.0 Å². The van der Waals surface area contributed by atoms with Gasteiger partial charge in [0.2, 0.25) is 12.3 Å². The number of nitrogens with one attached hydrogen (secondary N) is 1. The average molecular weight is 370 g/mol. The molecule has 0 unspecified atom stereocenters. The normalized spacial score (nSPS) is 11.0. The van der Waals surface area contributed by atoms with E-state index < -0.39 is 0 Å². The second-order valence-electron chi connectivity index (χ2n) is 6.09. The Morgan fingerprint density at radius 3 is 2.96 bits per heavy atom. The zero-order valence-electron chi connectivity index (χ0n) is 14.6.